The Morgan fingerprint density at radius 1 is 0.278 bits per heavy atom. The number of benzene rings is 7. The second kappa shape index (κ2) is 27.2. The number of hydrogen-bond donors (Lipinski definition) is 1. The standard InChI is InChI=1S/C61H64O11/c62-60-58(68-41-50-32-18-6-19-33-50)56(66-39-48-28-14-4-15-29-48)55(65-38-47-26-12-3-13-27-47)53(71-60)44-70-61-59(69-42-51-34-20-7-21-35-51)57(67-40-49-30-16-5-17-31-49)54(64-37-46-24-10-2-11-25-46)52(72-61)43-63-36-45-22-8-1-9-23-45/h1-35,52-62H,36-44H2/t52?,53?,54-,55-,56?,57?,58?,59?,60+,61-/m1/s1. The van der Waals surface area contributed by atoms with Crippen LogP contribution in [0.2, 0.25) is 0 Å². The van der Waals surface area contributed by atoms with Crippen LogP contribution in [0, 0.1) is 0 Å². The minimum atomic E-state index is -1.41. The fraction of sp³-hybridized carbons (Fsp3) is 0.311. The Labute approximate surface area is 423 Å². The van der Waals surface area contributed by atoms with Crippen LogP contribution in [-0.2, 0) is 93.6 Å². The molecule has 2 fully saturated rings. The summed E-state index contributed by atoms with van der Waals surface area (Å²) in [7, 11) is 0. The number of aliphatic hydroxyl groups is 1. The van der Waals surface area contributed by atoms with Crippen LogP contribution in [0.4, 0.5) is 0 Å². The van der Waals surface area contributed by atoms with Crippen LogP contribution < -0.4 is 0 Å². The Balaban J connectivity index is 1.04. The predicted octanol–water partition coefficient (Wildman–Crippen LogP) is 10.2. The highest BCUT2D eigenvalue weighted by molar-refractivity contribution is 5.19. The van der Waals surface area contributed by atoms with E-state index in [2.05, 4.69) is 0 Å². The van der Waals surface area contributed by atoms with E-state index in [1.165, 1.54) is 0 Å². The third kappa shape index (κ3) is 14.8. The quantitative estimate of drug-likeness (QED) is 0.0591. The lowest BCUT2D eigenvalue weighted by molar-refractivity contribution is -0.349. The molecule has 0 spiro atoms. The fourth-order valence-corrected chi connectivity index (χ4v) is 8.97. The number of rotatable bonds is 25. The lowest BCUT2D eigenvalue weighted by atomic mass is 9.97. The van der Waals surface area contributed by atoms with E-state index in [0.717, 1.165) is 38.9 Å². The highest BCUT2D eigenvalue weighted by atomic mass is 16.7. The minimum absolute atomic E-state index is 0.0957. The molecule has 11 nitrogen and oxygen atoms in total. The SMILES string of the molecule is O[C@H]1OC(CO[C@@H]2OC(COCc3ccccc3)[C@@H](OCc3ccccc3)C(OCc3ccccc3)C2OCc2ccccc2)[C@@H](OCc2ccccc2)C(OCc2ccccc2)C1OCc1ccccc1. The van der Waals surface area contributed by atoms with E-state index in [9.17, 15) is 5.11 Å². The summed E-state index contributed by atoms with van der Waals surface area (Å²) in [5, 5.41) is 12.0. The molecule has 0 aliphatic carbocycles. The van der Waals surface area contributed by atoms with Crippen molar-refractivity contribution in [1.82, 2.24) is 0 Å². The van der Waals surface area contributed by atoms with E-state index >= 15 is 0 Å². The molecule has 2 heterocycles. The van der Waals surface area contributed by atoms with Crippen LogP contribution in [0.15, 0.2) is 212 Å². The summed E-state index contributed by atoms with van der Waals surface area (Å²) in [6.45, 7) is 1.89. The Bertz CT molecular complexity index is 2550. The van der Waals surface area contributed by atoms with Crippen molar-refractivity contribution in [3.05, 3.63) is 251 Å². The Kier molecular flexibility index (Phi) is 19.3. The van der Waals surface area contributed by atoms with Gasteiger partial charge in [0.2, 0.25) is 0 Å². The van der Waals surface area contributed by atoms with Crippen molar-refractivity contribution >= 4 is 0 Å². The largest absolute Gasteiger partial charge is 0.374 e. The average molecular weight is 973 g/mol. The van der Waals surface area contributed by atoms with Gasteiger partial charge in [-0.3, -0.25) is 0 Å². The highest BCUT2D eigenvalue weighted by Gasteiger charge is 2.52. The van der Waals surface area contributed by atoms with Crippen molar-refractivity contribution in [2.75, 3.05) is 13.2 Å². The molecule has 72 heavy (non-hydrogen) atoms. The molecule has 2 saturated heterocycles. The monoisotopic (exact) mass is 972 g/mol. The molecule has 11 heteroatoms. The average Bonchev–Trinajstić information content (AvgIpc) is 3.44. The Hall–Kier alpha value is -5.90. The highest BCUT2D eigenvalue weighted by Crippen LogP contribution is 2.34. The third-order valence-corrected chi connectivity index (χ3v) is 12.7. The zero-order chi connectivity index (χ0) is 49.0. The fourth-order valence-electron chi connectivity index (χ4n) is 8.97. The van der Waals surface area contributed by atoms with E-state index in [4.69, 9.17) is 47.4 Å². The maximum absolute atomic E-state index is 12.0. The van der Waals surface area contributed by atoms with Gasteiger partial charge in [-0.05, 0) is 38.9 Å². The molecule has 0 bridgehead atoms. The van der Waals surface area contributed by atoms with Gasteiger partial charge in [-0.25, -0.2) is 0 Å². The van der Waals surface area contributed by atoms with Gasteiger partial charge in [-0.15, -0.1) is 0 Å². The van der Waals surface area contributed by atoms with Gasteiger partial charge in [0, 0.05) is 0 Å². The number of aliphatic hydroxyl groups excluding tert-OH is 1. The maximum atomic E-state index is 12.0. The van der Waals surface area contributed by atoms with Gasteiger partial charge in [0.05, 0.1) is 59.5 Å². The maximum Gasteiger partial charge on any atom is 0.187 e. The Morgan fingerprint density at radius 2 is 0.556 bits per heavy atom. The topological polar surface area (TPSA) is 113 Å². The van der Waals surface area contributed by atoms with E-state index in [-0.39, 0.29) is 52.9 Å². The van der Waals surface area contributed by atoms with Gasteiger partial charge in [0.1, 0.15) is 48.8 Å². The van der Waals surface area contributed by atoms with E-state index < -0.39 is 61.4 Å². The summed E-state index contributed by atoms with van der Waals surface area (Å²) in [4.78, 5) is 0. The van der Waals surface area contributed by atoms with Crippen molar-refractivity contribution in [3.63, 3.8) is 0 Å². The lowest BCUT2D eigenvalue weighted by Gasteiger charge is -2.47. The van der Waals surface area contributed by atoms with Gasteiger partial charge < -0.3 is 52.5 Å². The molecule has 0 saturated carbocycles. The molecular weight excluding hydrogens is 909 g/mol. The second-order valence-corrected chi connectivity index (χ2v) is 18.0. The predicted molar refractivity (Wildman–Crippen MR) is 272 cm³/mol. The lowest BCUT2D eigenvalue weighted by Crippen LogP contribution is -2.63. The van der Waals surface area contributed by atoms with Crippen molar-refractivity contribution in [1.29, 1.82) is 0 Å². The van der Waals surface area contributed by atoms with E-state index in [1.54, 1.807) is 0 Å². The smallest absolute Gasteiger partial charge is 0.187 e. The summed E-state index contributed by atoms with van der Waals surface area (Å²) in [6.07, 6.45) is -8.74. The summed E-state index contributed by atoms with van der Waals surface area (Å²) in [5.41, 5.74) is 6.80. The van der Waals surface area contributed by atoms with Gasteiger partial charge in [0.25, 0.3) is 0 Å². The van der Waals surface area contributed by atoms with Crippen molar-refractivity contribution in [2.24, 2.45) is 0 Å². The molecule has 10 atom stereocenters. The molecule has 1 N–H and O–H groups in total. The summed E-state index contributed by atoms with van der Waals surface area (Å²) >= 11 is 0. The van der Waals surface area contributed by atoms with Crippen LogP contribution in [0.3, 0.4) is 0 Å². The first-order valence-electron chi connectivity index (χ1n) is 24.8. The summed E-state index contributed by atoms with van der Waals surface area (Å²) in [5.74, 6) is 0. The zero-order valence-electron chi connectivity index (χ0n) is 40.4. The summed E-state index contributed by atoms with van der Waals surface area (Å²) in [6, 6.07) is 69.7. The first-order chi connectivity index (χ1) is 35.6. The first-order valence-corrected chi connectivity index (χ1v) is 24.8. The van der Waals surface area contributed by atoms with E-state index in [0.29, 0.717) is 6.61 Å². The van der Waals surface area contributed by atoms with Gasteiger partial charge in [-0.2, -0.15) is 0 Å². The molecule has 6 unspecified atom stereocenters. The van der Waals surface area contributed by atoms with Crippen LogP contribution >= 0.6 is 0 Å². The van der Waals surface area contributed by atoms with E-state index in [1.807, 2.05) is 212 Å². The molecule has 0 radical (unpaired) electrons. The van der Waals surface area contributed by atoms with Crippen LogP contribution in [0.5, 0.6) is 0 Å². The minimum Gasteiger partial charge on any atom is -0.374 e. The van der Waals surface area contributed by atoms with Crippen LogP contribution in [0.25, 0.3) is 0 Å². The second-order valence-electron chi connectivity index (χ2n) is 18.0. The van der Waals surface area contributed by atoms with Crippen molar-refractivity contribution in [2.45, 2.75) is 108 Å². The Morgan fingerprint density at radius 3 is 0.917 bits per heavy atom. The molecule has 9 rings (SSSR count). The zero-order valence-corrected chi connectivity index (χ0v) is 40.4. The molecule has 0 aromatic heterocycles. The van der Waals surface area contributed by atoms with Crippen molar-refractivity contribution < 1.29 is 52.5 Å². The molecular formula is C61H64O11. The molecule has 2 aliphatic rings. The number of ether oxygens (including phenoxy) is 10. The van der Waals surface area contributed by atoms with Crippen LogP contribution in [-0.4, -0.2) is 79.7 Å². The first kappa shape index (κ1) is 51.0. The molecule has 374 valence electrons. The normalized spacial score (nSPS) is 24.2. The molecule has 2 aliphatic heterocycles. The number of hydrogen-bond acceptors (Lipinski definition) is 11. The van der Waals surface area contributed by atoms with Crippen LogP contribution in [0.1, 0.15) is 38.9 Å². The molecule has 7 aromatic rings. The van der Waals surface area contributed by atoms with Gasteiger partial charge in [-0.1, -0.05) is 212 Å². The van der Waals surface area contributed by atoms with Crippen molar-refractivity contribution in [3.8, 4) is 0 Å². The van der Waals surface area contributed by atoms with Gasteiger partial charge >= 0.3 is 0 Å². The third-order valence-electron chi connectivity index (χ3n) is 12.7. The molecule has 0 amide bonds. The van der Waals surface area contributed by atoms with Gasteiger partial charge in [0.15, 0.2) is 12.6 Å². The summed E-state index contributed by atoms with van der Waals surface area (Å²) < 4.78 is 67.9. The molecule has 7 aromatic carbocycles.